The Hall–Kier alpha value is -0.820. The monoisotopic (exact) mass is 189 g/mol. The smallest absolute Gasteiger partial charge is 0.0206 e. The molecule has 0 aliphatic carbocycles. The number of hydrogen-bond acceptors (Lipinski definition) is 1. The van der Waals surface area contributed by atoms with Crippen LogP contribution in [0.2, 0.25) is 0 Å². The molecule has 1 unspecified atom stereocenters. The van der Waals surface area contributed by atoms with Crippen LogP contribution in [0.4, 0.5) is 0 Å². The first-order valence-corrected chi connectivity index (χ1v) is 5.33. The van der Waals surface area contributed by atoms with Crippen LogP contribution >= 0.6 is 0 Å². The van der Waals surface area contributed by atoms with Crippen LogP contribution in [0.1, 0.15) is 36.5 Å². The Bertz CT molecular complexity index is 352. The average molecular weight is 189 g/mol. The Morgan fingerprint density at radius 2 is 2.00 bits per heavy atom. The quantitative estimate of drug-likeness (QED) is 0.716. The van der Waals surface area contributed by atoms with Crippen molar-refractivity contribution in [1.29, 1.82) is 0 Å². The highest BCUT2D eigenvalue weighted by Crippen LogP contribution is 2.36. The van der Waals surface area contributed by atoms with Gasteiger partial charge in [-0.3, -0.25) is 0 Å². The molecule has 76 valence electrons. The fraction of sp³-hybridized carbons (Fsp3) is 0.538. The Kier molecular flexibility index (Phi) is 2.15. The Labute approximate surface area is 86.5 Å². The fourth-order valence-corrected chi connectivity index (χ4v) is 2.33. The predicted octanol–water partition coefficient (Wildman–Crippen LogP) is 2.77. The molecule has 1 saturated heterocycles. The molecule has 2 rings (SSSR count). The number of benzene rings is 1. The highest BCUT2D eigenvalue weighted by molar-refractivity contribution is 5.37. The van der Waals surface area contributed by atoms with Gasteiger partial charge in [-0.1, -0.05) is 23.8 Å². The molecule has 1 aromatic carbocycles. The molecule has 0 spiro atoms. The lowest BCUT2D eigenvalue weighted by molar-refractivity contribution is 0.207. The summed E-state index contributed by atoms with van der Waals surface area (Å²) in [5.41, 5.74) is 4.58. The molecule has 0 radical (unpaired) electrons. The summed E-state index contributed by atoms with van der Waals surface area (Å²) in [5, 5.41) is 3.48. The molecule has 1 nitrogen and oxygen atoms in total. The molecule has 0 saturated carbocycles. The highest BCUT2D eigenvalue weighted by atomic mass is 15.1. The van der Waals surface area contributed by atoms with Crippen molar-refractivity contribution in [2.75, 3.05) is 6.54 Å². The zero-order chi connectivity index (χ0) is 10.3. The van der Waals surface area contributed by atoms with Crippen molar-refractivity contribution in [2.45, 2.75) is 39.2 Å². The van der Waals surface area contributed by atoms with Gasteiger partial charge in [-0.15, -0.1) is 0 Å². The number of aryl methyl sites for hydroxylation is 2. The number of nitrogens with one attached hydrogen (secondary N) is 1. The fourth-order valence-electron chi connectivity index (χ4n) is 2.33. The number of rotatable bonds is 1. The maximum atomic E-state index is 3.48. The second kappa shape index (κ2) is 3.09. The van der Waals surface area contributed by atoms with Crippen LogP contribution in [0.15, 0.2) is 18.2 Å². The summed E-state index contributed by atoms with van der Waals surface area (Å²) >= 11 is 0. The van der Waals surface area contributed by atoms with E-state index < -0.39 is 0 Å². The SMILES string of the molecule is Cc1ccc(C2CNC2(C)C)c(C)c1. The van der Waals surface area contributed by atoms with Crippen molar-refractivity contribution < 1.29 is 0 Å². The van der Waals surface area contributed by atoms with Gasteiger partial charge in [0.1, 0.15) is 0 Å². The first-order chi connectivity index (χ1) is 6.50. The second-order valence-corrected chi connectivity index (χ2v) is 5.02. The van der Waals surface area contributed by atoms with E-state index in [2.05, 4.69) is 51.2 Å². The number of hydrogen-bond donors (Lipinski definition) is 1. The molecule has 14 heavy (non-hydrogen) atoms. The predicted molar refractivity (Wildman–Crippen MR) is 60.7 cm³/mol. The maximum Gasteiger partial charge on any atom is 0.0206 e. The minimum atomic E-state index is 0.278. The molecule has 1 aliphatic heterocycles. The van der Waals surface area contributed by atoms with Gasteiger partial charge in [0, 0.05) is 18.0 Å². The van der Waals surface area contributed by atoms with Gasteiger partial charge >= 0.3 is 0 Å². The summed E-state index contributed by atoms with van der Waals surface area (Å²) in [6.45, 7) is 10.1. The largest absolute Gasteiger partial charge is 0.310 e. The molecule has 1 fully saturated rings. The van der Waals surface area contributed by atoms with Crippen LogP contribution in [-0.2, 0) is 0 Å². The van der Waals surface area contributed by atoms with Crippen molar-refractivity contribution >= 4 is 0 Å². The minimum absolute atomic E-state index is 0.278. The van der Waals surface area contributed by atoms with E-state index in [0.29, 0.717) is 5.92 Å². The standard InChI is InChI=1S/C13H19N/c1-9-5-6-11(10(2)7-9)12-8-14-13(12,3)4/h5-7,12,14H,8H2,1-4H3. The molecule has 0 amide bonds. The Morgan fingerprint density at radius 3 is 2.43 bits per heavy atom. The third kappa shape index (κ3) is 1.46. The summed E-state index contributed by atoms with van der Waals surface area (Å²) < 4.78 is 0. The molecule has 0 bridgehead atoms. The molecular weight excluding hydrogens is 170 g/mol. The van der Waals surface area contributed by atoms with Gasteiger partial charge in [-0.05, 0) is 38.8 Å². The summed E-state index contributed by atoms with van der Waals surface area (Å²) in [4.78, 5) is 0. The van der Waals surface area contributed by atoms with Crippen LogP contribution in [0.25, 0.3) is 0 Å². The Morgan fingerprint density at radius 1 is 1.29 bits per heavy atom. The van der Waals surface area contributed by atoms with Gasteiger partial charge in [0.25, 0.3) is 0 Å². The molecular formula is C13H19N. The maximum absolute atomic E-state index is 3.48. The van der Waals surface area contributed by atoms with E-state index in [0.717, 1.165) is 6.54 Å². The van der Waals surface area contributed by atoms with Crippen molar-refractivity contribution in [1.82, 2.24) is 5.32 Å². The zero-order valence-corrected chi connectivity index (χ0v) is 9.52. The van der Waals surface area contributed by atoms with Gasteiger partial charge in [0.05, 0.1) is 0 Å². The average Bonchev–Trinajstić information content (AvgIpc) is 2.08. The van der Waals surface area contributed by atoms with E-state index in [1.165, 1.54) is 16.7 Å². The Balaban J connectivity index is 2.33. The van der Waals surface area contributed by atoms with Crippen LogP contribution in [-0.4, -0.2) is 12.1 Å². The first-order valence-electron chi connectivity index (χ1n) is 5.33. The van der Waals surface area contributed by atoms with Crippen molar-refractivity contribution in [2.24, 2.45) is 0 Å². The van der Waals surface area contributed by atoms with E-state index in [4.69, 9.17) is 0 Å². The molecule has 1 aliphatic rings. The van der Waals surface area contributed by atoms with Crippen molar-refractivity contribution in [3.05, 3.63) is 34.9 Å². The van der Waals surface area contributed by atoms with Gasteiger partial charge in [-0.2, -0.15) is 0 Å². The molecule has 1 heteroatoms. The van der Waals surface area contributed by atoms with Gasteiger partial charge in [0.15, 0.2) is 0 Å². The lowest BCUT2D eigenvalue weighted by Crippen LogP contribution is -2.59. The molecule has 1 atom stereocenters. The lowest BCUT2D eigenvalue weighted by Gasteiger charge is -2.47. The van der Waals surface area contributed by atoms with E-state index in [9.17, 15) is 0 Å². The summed E-state index contributed by atoms with van der Waals surface area (Å²) in [6.07, 6.45) is 0. The van der Waals surface area contributed by atoms with E-state index in [1.807, 2.05) is 0 Å². The minimum Gasteiger partial charge on any atom is -0.310 e. The summed E-state index contributed by atoms with van der Waals surface area (Å²) in [6, 6.07) is 6.79. The topological polar surface area (TPSA) is 12.0 Å². The van der Waals surface area contributed by atoms with Gasteiger partial charge < -0.3 is 5.32 Å². The third-order valence-electron chi connectivity index (χ3n) is 3.43. The van der Waals surface area contributed by atoms with Crippen LogP contribution < -0.4 is 5.32 Å². The highest BCUT2D eigenvalue weighted by Gasteiger charge is 2.39. The molecule has 1 heterocycles. The van der Waals surface area contributed by atoms with Crippen molar-refractivity contribution in [3.8, 4) is 0 Å². The molecule has 1 N–H and O–H groups in total. The van der Waals surface area contributed by atoms with Gasteiger partial charge in [-0.25, -0.2) is 0 Å². The molecule has 0 aromatic heterocycles. The summed E-state index contributed by atoms with van der Waals surface area (Å²) in [5.74, 6) is 0.683. The van der Waals surface area contributed by atoms with Crippen molar-refractivity contribution in [3.63, 3.8) is 0 Å². The normalized spacial score (nSPS) is 24.4. The van der Waals surface area contributed by atoms with Gasteiger partial charge in [0.2, 0.25) is 0 Å². The third-order valence-corrected chi connectivity index (χ3v) is 3.43. The second-order valence-electron chi connectivity index (χ2n) is 5.02. The lowest BCUT2D eigenvalue weighted by atomic mass is 9.74. The van der Waals surface area contributed by atoms with Crippen LogP contribution in [0.5, 0.6) is 0 Å². The van der Waals surface area contributed by atoms with E-state index >= 15 is 0 Å². The van der Waals surface area contributed by atoms with E-state index in [1.54, 1.807) is 0 Å². The summed E-state index contributed by atoms with van der Waals surface area (Å²) in [7, 11) is 0. The zero-order valence-electron chi connectivity index (χ0n) is 9.52. The molecule has 1 aromatic rings. The van der Waals surface area contributed by atoms with Crippen LogP contribution in [0.3, 0.4) is 0 Å². The first kappa shape index (κ1) is 9.72. The van der Waals surface area contributed by atoms with E-state index in [-0.39, 0.29) is 5.54 Å². The van der Waals surface area contributed by atoms with Crippen LogP contribution in [0, 0.1) is 13.8 Å².